The highest BCUT2D eigenvalue weighted by Crippen LogP contribution is 2.06. The van der Waals surface area contributed by atoms with Crippen LogP contribution in [0, 0.1) is 0 Å². The summed E-state index contributed by atoms with van der Waals surface area (Å²) in [6, 6.07) is 0.738. The molecule has 1 aliphatic heterocycles. The first-order chi connectivity index (χ1) is 4.22. The van der Waals surface area contributed by atoms with Crippen LogP contribution in [0.25, 0.3) is 0 Å². The van der Waals surface area contributed by atoms with E-state index >= 15 is 0 Å². The van der Waals surface area contributed by atoms with Crippen molar-refractivity contribution >= 4 is 0 Å². The van der Waals surface area contributed by atoms with Crippen molar-refractivity contribution in [3.8, 4) is 0 Å². The van der Waals surface area contributed by atoms with Crippen LogP contribution in [0.3, 0.4) is 0 Å². The third-order valence-electron chi connectivity index (χ3n) is 1.74. The zero-order valence-electron chi connectivity index (χ0n) is 6.00. The monoisotopic (exact) mass is 130 g/mol. The number of rotatable bonds is 0. The van der Waals surface area contributed by atoms with E-state index in [1.165, 1.54) is 0 Å². The molecule has 0 aromatic heterocycles. The van der Waals surface area contributed by atoms with Gasteiger partial charge in [0.25, 0.3) is 0 Å². The highest BCUT2D eigenvalue weighted by molar-refractivity contribution is 4.71. The molecule has 1 heterocycles. The zero-order valence-corrected chi connectivity index (χ0v) is 6.00. The van der Waals surface area contributed by atoms with Crippen LogP contribution in [0.5, 0.6) is 0 Å². The van der Waals surface area contributed by atoms with Gasteiger partial charge < -0.3 is 4.74 Å². The van der Waals surface area contributed by atoms with Crippen LogP contribution in [-0.4, -0.2) is 30.3 Å². The predicted molar refractivity (Wildman–Crippen MR) is 35.8 cm³/mol. The van der Waals surface area contributed by atoms with Gasteiger partial charge in [0.15, 0.2) is 0 Å². The molecular weight excluding hydrogens is 116 g/mol. The zero-order chi connectivity index (χ0) is 6.85. The summed E-state index contributed by atoms with van der Waals surface area (Å²) in [7, 11) is 0. The second-order valence-electron chi connectivity index (χ2n) is 2.68. The Morgan fingerprint density at radius 1 is 1.33 bits per heavy atom. The summed E-state index contributed by atoms with van der Waals surface area (Å²) >= 11 is 0. The van der Waals surface area contributed by atoms with Crippen LogP contribution in [0.15, 0.2) is 0 Å². The van der Waals surface area contributed by atoms with E-state index in [2.05, 4.69) is 13.8 Å². The lowest BCUT2D eigenvalue weighted by Gasteiger charge is -2.34. The van der Waals surface area contributed by atoms with Crippen LogP contribution in [0.4, 0.5) is 0 Å². The summed E-state index contributed by atoms with van der Waals surface area (Å²) in [5, 5.41) is 1.85. The molecular formula is C6H14N2O. The molecule has 9 heavy (non-hydrogen) atoms. The molecule has 2 atom stereocenters. The van der Waals surface area contributed by atoms with Crippen molar-refractivity contribution in [2.45, 2.75) is 25.9 Å². The lowest BCUT2D eigenvalue weighted by Crippen LogP contribution is -2.53. The fourth-order valence-electron chi connectivity index (χ4n) is 1.02. The minimum Gasteiger partial charge on any atom is -0.378 e. The van der Waals surface area contributed by atoms with Gasteiger partial charge in [-0.3, -0.25) is 5.84 Å². The molecule has 0 aromatic rings. The van der Waals surface area contributed by atoms with Crippen molar-refractivity contribution in [2.75, 3.05) is 13.2 Å². The molecule has 0 aromatic carbocycles. The minimum atomic E-state index is 0.369. The highest BCUT2D eigenvalue weighted by atomic mass is 16.5. The van der Waals surface area contributed by atoms with Crippen molar-refractivity contribution in [2.24, 2.45) is 5.84 Å². The van der Waals surface area contributed by atoms with Gasteiger partial charge in [0, 0.05) is 12.1 Å². The van der Waals surface area contributed by atoms with Gasteiger partial charge in [0.05, 0.1) is 13.2 Å². The summed E-state index contributed by atoms with van der Waals surface area (Å²) in [6.45, 7) is 5.66. The maximum absolute atomic E-state index is 5.68. The van der Waals surface area contributed by atoms with Crippen LogP contribution < -0.4 is 5.84 Å². The smallest absolute Gasteiger partial charge is 0.0633 e. The fourth-order valence-corrected chi connectivity index (χ4v) is 1.02. The Balaban J connectivity index is 2.41. The molecule has 0 aliphatic carbocycles. The molecule has 1 saturated heterocycles. The first-order valence-corrected chi connectivity index (χ1v) is 3.32. The molecule has 54 valence electrons. The molecule has 1 aliphatic rings. The number of hydrazine groups is 1. The second kappa shape index (κ2) is 2.64. The number of ether oxygens (including phenoxy) is 1. The fraction of sp³-hybridized carbons (Fsp3) is 1.00. The quantitative estimate of drug-likeness (QED) is 0.468. The molecule has 0 saturated carbocycles. The van der Waals surface area contributed by atoms with Gasteiger partial charge in [0.1, 0.15) is 0 Å². The molecule has 0 spiro atoms. The van der Waals surface area contributed by atoms with Gasteiger partial charge >= 0.3 is 0 Å². The molecule has 3 heteroatoms. The van der Waals surface area contributed by atoms with E-state index in [-0.39, 0.29) is 0 Å². The average molecular weight is 130 g/mol. The number of nitrogens with zero attached hydrogens (tertiary/aromatic N) is 1. The third kappa shape index (κ3) is 1.41. The van der Waals surface area contributed by atoms with E-state index in [1.807, 2.05) is 5.01 Å². The van der Waals surface area contributed by atoms with Crippen molar-refractivity contribution in [3.05, 3.63) is 0 Å². The van der Waals surface area contributed by atoms with E-state index in [4.69, 9.17) is 10.6 Å². The van der Waals surface area contributed by atoms with E-state index < -0.39 is 0 Å². The predicted octanol–water partition coefficient (Wildman–Crippen LogP) is -0.0307. The van der Waals surface area contributed by atoms with Crippen LogP contribution in [0.2, 0.25) is 0 Å². The Hall–Kier alpha value is -0.120. The van der Waals surface area contributed by atoms with Gasteiger partial charge in [-0.25, -0.2) is 5.01 Å². The maximum atomic E-state index is 5.68. The van der Waals surface area contributed by atoms with Gasteiger partial charge in [-0.1, -0.05) is 0 Å². The van der Waals surface area contributed by atoms with E-state index in [0.29, 0.717) is 12.1 Å². The standard InChI is InChI=1S/C6H14N2O/c1-5-3-9-4-6(2)8(5)7/h5-6H,3-4,7H2,1-2H3. The van der Waals surface area contributed by atoms with Gasteiger partial charge in [-0.15, -0.1) is 0 Å². The topological polar surface area (TPSA) is 38.5 Å². The number of hydrogen-bond donors (Lipinski definition) is 1. The molecule has 1 rings (SSSR count). The normalized spacial score (nSPS) is 39.0. The van der Waals surface area contributed by atoms with Crippen LogP contribution in [0.1, 0.15) is 13.8 Å². The molecule has 1 fully saturated rings. The molecule has 0 bridgehead atoms. The second-order valence-corrected chi connectivity index (χ2v) is 2.68. The summed E-state index contributed by atoms with van der Waals surface area (Å²) in [6.07, 6.45) is 0. The number of morpholine rings is 1. The van der Waals surface area contributed by atoms with E-state index in [1.54, 1.807) is 0 Å². The first-order valence-electron chi connectivity index (χ1n) is 3.32. The molecule has 0 amide bonds. The molecule has 2 N–H and O–H groups in total. The average Bonchev–Trinajstić information content (AvgIpc) is 1.83. The van der Waals surface area contributed by atoms with Crippen LogP contribution >= 0.6 is 0 Å². The minimum absolute atomic E-state index is 0.369. The Labute approximate surface area is 55.7 Å². The SMILES string of the molecule is CC1COCC(C)N1N. The summed E-state index contributed by atoms with van der Waals surface area (Å²) in [4.78, 5) is 0. The third-order valence-corrected chi connectivity index (χ3v) is 1.74. The first kappa shape index (κ1) is 6.99. The highest BCUT2D eigenvalue weighted by Gasteiger charge is 2.21. The van der Waals surface area contributed by atoms with Crippen molar-refractivity contribution < 1.29 is 4.74 Å². The van der Waals surface area contributed by atoms with E-state index in [0.717, 1.165) is 13.2 Å². The summed E-state index contributed by atoms with van der Waals surface area (Å²) < 4.78 is 5.24. The molecule has 2 unspecified atom stereocenters. The van der Waals surface area contributed by atoms with Gasteiger partial charge in [-0.05, 0) is 13.8 Å². The summed E-state index contributed by atoms with van der Waals surface area (Å²) in [5.74, 6) is 5.68. The molecule has 3 nitrogen and oxygen atoms in total. The summed E-state index contributed by atoms with van der Waals surface area (Å²) in [5.41, 5.74) is 0. The van der Waals surface area contributed by atoms with Gasteiger partial charge in [-0.2, -0.15) is 0 Å². The van der Waals surface area contributed by atoms with Gasteiger partial charge in [0.2, 0.25) is 0 Å². The van der Waals surface area contributed by atoms with Crippen molar-refractivity contribution in [3.63, 3.8) is 0 Å². The van der Waals surface area contributed by atoms with Crippen LogP contribution in [-0.2, 0) is 4.74 Å². The number of nitrogens with two attached hydrogens (primary N) is 1. The Kier molecular flexibility index (Phi) is 2.05. The lowest BCUT2D eigenvalue weighted by molar-refractivity contribution is -0.0372. The maximum Gasteiger partial charge on any atom is 0.0633 e. The largest absolute Gasteiger partial charge is 0.378 e. The number of hydrogen-bond acceptors (Lipinski definition) is 3. The Morgan fingerprint density at radius 2 is 1.78 bits per heavy atom. The van der Waals surface area contributed by atoms with Crippen molar-refractivity contribution in [1.82, 2.24) is 5.01 Å². The van der Waals surface area contributed by atoms with E-state index in [9.17, 15) is 0 Å². The Morgan fingerprint density at radius 3 is 2.11 bits per heavy atom. The van der Waals surface area contributed by atoms with Crippen molar-refractivity contribution in [1.29, 1.82) is 0 Å². The lowest BCUT2D eigenvalue weighted by atomic mass is 10.2. The molecule has 0 radical (unpaired) electrons. The Bertz CT molecular complexity index is 87.1.